The van der Waals surface area contributed by atoms with E-state index in [0.29, 0.717) is 37.8 Å². The number of anilines is 1. The maximum absolute atomic E-state index is 14.2. The number of nitrogens with two attached hydrogens (primary N) is 1. The van der Waals surface area contributed by atoms with Crippen molar-refractivity contribution < 1.29 is 41.1 Å². The molecule has 15 heteroatoms. The van der Waals surface area contributed by atoms with E-state index in [1.165, 1.54) is 23.1 Å². The number of alkyl halides is 5. The molecular formula is C31H35BrF5N5O4. The third kappa shape index (κ3) is 8.34. The molecule has 0 saturated heterocycles. The summed E-state index contributed by atoms with van der Waals surface area (Å²) in [6, 6.07) is 9.54. The Morgan fingerprint density at radius 3 is 2.24 bits per heavy atom. The van der Waals surface area contributed by atoms with Crippen LogP contribution in [-0.2, 0) is 26.7 Å². The van der Waals surface area contributed by atoms with Crippen LogP contribution in [0.4, 0.5) is 32.4 Å². The number of halogens is 6. The first-order chi connectivity index (χ1) is 21.4. The predicted octanol–water partition coefficient (Wildman–Crippen LogP) is 6.74. The van der Waals surface area contributed by atoms with Crippen molar-refractivity contribution in [2.24, 2.45) is 17.6 Å². The summed E-state index contributed by atoms with van der Waals surface area (Å²) in [4.78, 5) is 45.8. The van der Waals surface area contributed by atoms with Gasteiger partial charge in [-0.2, -0.15) is 22.0 Å². The normalized spacial score (nSPS) is 18.2. The molecule has 0 bridgehead atoms. The fourth-order valence-electron chi connectivity index (χ4n) is 5.41. The van der Waals surface area contributed by atoms with Crippen molar-refractivity contribution in [3.05, 3.63) is 58.3 Å². The largest absolute Gasteiger partial charge is 0.461 e. The molecule has 1 aromatic heterocycles. The average molecular weight is 717 g/mol. The van der Waals surface area contributed by atoms with Gasteiger partial charge in [-0.3, -0.25) is 14.5 Å². The summed E-state index contributed by atoms with van der Waals surface area (Å²) >= 11 is 3.35. The molecule has 9 nitrogen and oxygen atoms in total. The van der Waals surface area contributed by atoms with Gasteiger partial charge in [-0.1, -0.05) is 28.1 Å². The lowest BCUT2D eigenvalue weighted by molar-refractivity contribution is -0.292. The Hall–Kier alpha value is -3.75. The number of benzene rings is 2. The Morgan fingerprint density at radius 1 is 1.04 bits per heavy atom. The van der Waals surface area contributed by atoms with E-state index in [4.69, 9.17) is 10.5 Å². The van der Waals surface area contributed by atoms with Gasteiger partial charge < -0.3 is 20.8 Å². The van der Waals surface area contributed by atoms with Crippen LogP contribution >= 0.6 is 15.9 Å². The topological polar surface area (TPSA) is 130 Å². The van der Waals surface area contributed by atoms with Gasteiger partial charge >= 0.3 is 18.2 Å². The second-order valence-electron chi connectivity index (χ2n) is 12.4. The van der Waals surface area contributed by atoms with Gasteiger partial charge in [0, 0.05) is 29.0 Å². The molecule has 0 spiro atoms. The highest BCUT2D eigenvalue weighted by molar-refractivity contribution is 9.10. The first kappa shape index (κ1) is 35.1. The highest BCUT2D eigenvalue weighted by Gasteiger charge is 2.61. The van der Waals surface area contributed by atoms with Crippen LogP contribution in [0, 0.1) is 11.8 Å². The number of alkyl carbamates (subject to hydrolysis) is 1. The van der Waals surface area contributed by atoms with Crippen LogP contribution in [0.5, 0.6) is 0 Å². The van der Waals surface area contributed by atoms with E-state index in [9.17, 15) is 36.3 Å². The summed E-state index contributed by atoms with van der Waals surface area (Å²) in [5, 5.41) is 2.75. The van der Waals surface area contributed by atoms with Crippen molar-refractivity contribution in [1.29, 1.82) is 0 Å². The van der Waals surface area contributed by atoms with E-state index in [1.54, 1.807) is 45.0 Å². The Labute approximate surface area is 270 Å². The molecule has 2 aromatic carbocycles. The minimum Gasteiger partial charge on any atom is -0.444 e. The van der Waals surface area contributed by atoms with E-state index in [2.05, 4.69) is 26.2 Å². The standard InChI is InChI=1S/C31H35BrF5N5O4/c1-29(2,3)46-28(45)39-16-18-4-8-19(9-5-18)26(44)42(24(25(38)43)14-17-6-10-20(32)11-7-17)21-12-13-22-23(15-21)41-27(40-22)30(33,34)31(35,36)37/h6-7,10-13,15,18-19,24H,4-5,8-9,14,16H2,1-3H3,(H2,38,43)(H,39,45)(H,40,41)/t18-,19-,24-/m0/s1. The van der Waals surface area contributed by atoms with E-state index in [0.717, 1.165) is 4.47 Å². The number of amides is 3. The molecule has 46 heavy (non-hydrogen) atoms. The summed E-state index contributed by atoms with van der Waals surface area (Å²) in [6.07, 6.45) is -4.38. The number of H-pyrrole nitrogens is 1. The molecule has 1 aliphatic carbocycles. The van der Waals surface area contributed by atoms with Crippen molar-refractivity contribution in [3.63, 3.8) is 0 Å². The number of primary amides is 1. The summed E-state index contributed by atoms with van der Waals surface area (Å²) in [5.74, 6) is -8.58. The van der Waals surface area contributed by atoms with Crippen LogP contribution in [0.2, 0.25) is 0 Å². The second-order valence-corrected chi connectivity index (χ2v) is 13.3. The molecule has 250 valence electrons. The molecule has 3 aromatic rings. The van der Waals surface area contributed by atoms with Crippen molar-refractivity contribution >= 4 is 50.6 Å². The number of rotatable bonds is 9. The molecule has 1 atom stereocenters. The molecule has 1 fully saturated rings. The highest BCUT2D eigenvalue weighted by Crippen LogP contribution is 2.43. The molecule has 0 unspecified atom stereocenters. The van der Waals surface area contributed by atoms with Crippen LogP contribution in [-0.4, -0.2) is 52.2 Å². The Bertz CT molecular complexity index is 1560. The van der Waals surface area contributed by atoms with E-state index in [1.807, 2.05) is 4.98 Å². The number of carbonyl (C=O) groups excluding carboxylic acids is 3. The van der Waals surface area contributed by atoms with Crippen LogP contribution in [0.1, 0.15) is 57.8 Å². The summed E-state index contributed by atoms with van der Waals surface area (Å²) in [7, 11) is 0. The number of imidazole rings is 1. The SMILES string of the molecule is CC(C)(C)OC(=O)NC[C@H]1CC[C@H](C(=O)N(c2ccc3nc(C(F)(F)C(F)(F)F)[nH]c3c2)[C@@H](Cc2ccc(Br)cc2)C(N)=O)CC1. The first-order valence-electron chi connectivity index (χ1n) is 14.6. The van der Waals surface area contributed by atoms with Crippen molar-refractivity contribution in [1.82, 2.24) is 15.3 Å². The third-order valence-corrected chi connectivity index (χ3v) is 8.28. The number of nitrogens with one attached hydrogen (secondary N) is 2. The van der Waals surface area contributed by atoms with Crippen LogP contribution in [0.3, 0.4) is 0 Å². The van der Waals surface area contributed by atoms with Gasteiger partial charge in [-0.25, -0.2) is 9.78 Å². The number of ether oxygens (including phenoxy) is 1. The zero-order valence-corrected chi connectivity index (χ0v) is 27.0. The smallest absolute Gasteiger partial charge is 0.444 e. The number of aromatic nitrogens is 2. The lowest BCUT2D eigenvalue weighted by atomic mass is 9.81. The van der Waals surface area contributed by atoms with Gasteiger partial charge in [-0.15, -0.1) is 0 Å². The molecule has 1 aliphatic rings. The maximum Gasteiger partial charge on any atom is 0.461 e. The van der Waals surface area contributed by atoms with Crippen LogP contribution < -0.4 is 16.0 Å². The van der Waals surface area contributed by atoms with Gasteiger partial charge in [0.15, 0.2) is 5.82 Å². The van der Waals surface area contributed by atoms with Gasteiger partial charge in [-0.05, 0) is 88.3 Å². The Morgan fingerprint density at radius 2 is 1.67 bits per heavy atom. The number of aromatic amines is 1. The number of fused-ring (bicyclic) bond motifs is 1. The summed E-state index contributed by atoms with van der Waals surface area (Å²) < 4.78 is 73.3. The molecule has 1 saturated carbocycles. The lowest BCUT2D eigenvalue weighted by Crippen LogP contribution is -2.52. The monoisotopic (exact) mass is 715 g/mol. The zero-order valence-electron chi connectivity index (χ0n) is 25.4. The quantitative estimate of drug-likeness (QED) is 0.211. The molecule has 3 amide bonds. The minimum absolute atomic E-state index is 0.0158. The molecule has 4 N–H and O–H groups in total. The zero-order chi connectivity index (χ0) is 34.0. The fraction of sp³-hybridized carbons (Fsp3) is 0.484. The summed E-state index contributed by atoms with van der Waals surface area (Å²) in [5.41, 5.74) is 5.58. The minimum atomic E-state index is -5.88. The number of nitrogens with zero attached hydrogens (tertiary/aromatic N) is 2. The predicted molar refractivity (Wildman–Crippen MR) is 164 cm³/mol. The van der Waals surface area contributed by atoms with E-state index < -0.39 is 53.4 Å². The Balaban J connectivity index is 1.62. The molecule has 4 rings (SSSR count). The second kappa shape index (κ2) is 13.5. The fourth-order valence-corrected chi connectivity index (χ4v) is 5.67. The first-order valence-corrected chi connectivity index (χ1v) is 15.4. The van der Waals surface area contributed by atoms with Crippen molar-refractivity contribution in [3.8, 4) is 0 Å². The van der Waals surface area contributed by atoms with E-state index in [-0.39, 0.29) is 29.1 Å². The number of hydrogen-bond acceptors (Lipinski definition) is 5. The Kier molecular flexibility index (Phi) is 10.3. The van der Waals surface area contributed by atoms with E-state index >= 15 is 0 Å². The lowest BCUT2D eigenvalue weighted by Gasteiger charge is -2.35. The molecule has 0 aliphatic heterocycles. The maximum atomic E-state index is 14.2. The molecular weight excluding hydrogens is 681 g/mol. The van der Waals surface area contributed by atoms with Gasteiger partial charge in [0.1, 0.15) is 11.6 Å². The van der Waals surface area contributed by atoms with Crippen molar-refractivity contribution in [2.75, 3.05) is 11.4 Å². The highest BCUT2D eigenvalue weighted by atomic mass is 79.9. The van der Waals surface area contributed by atoms with Crippen LogP contribution in [0.15, 0.2) is 46.9 Å². The van der Waals surface area contributed by atoms with Gasteiger partial charge in [0.05, 0.1) is 11.0 Å². The number of carbonyl (C=O) groups is 3. The summed E-state index contributed by atoms with van der Waals surface area (Å²) in [6.45, 7) is 5.62. The number of hydrogen-bond donors (Lipinski definition) is 3. The molecule has 1 heterocycles. The average Bonchev–Trinajstić information content (AvgIpc) is 3.40. The van der Waals surface area contributed by atoms with Gasteiger partial charge in [0.2, 0.25) is 11.8 Å². The van der Waals surface area contributed by atoms with Gasteiger partial charge in [0.25, 0.3) is 0 Å². The van der Waals surface area contributed by atoms with Crippen LogP contribution in [0.25, 0.3) is 11.0 Å². The third-order valence-electron chi connectivity index (χ3n) is 7.75. The molecule has 0 radical (unpaired) electrons. The van der Waals surface area contributed by atoms with Crippen molar-refractivity contribution in [2.45, 2.75) is 76.6 Å².